The van der Waals surface area contributed by atoms with Crippen LogP contribution in [0.5, 0.6) is 0 Å². The highest BCUT2D eigenvalue weighted by Gasteiger charge is 2.48. The number of rotatable bonds is 3. The summed E-state index contributed by atoms with van der Waals surface area (Å²) < 4.78 is 0. The summed E-state index contributed by atoms with van der Waals surface area (Å²) in [7, 11) is 3.40. The summed E-state index contributed by atoms with van der Waals surface area (Å²) in [6, 6.07) is 9.80. The summed E-state index contributed by atoms with van der Waals surface area (Å²) in [6.07, 6.45) is 2.30. The molecular formula is C20H22N2O2S. The lowest BCUT2D eigenvalue weighted by atomic mass is 9.87. The highest BCUT2D eigenvalue weighted by Crippen LogP contribution is 2.31. The number of carbonyl (C=O) groups excluding carboxylic acids is 2. The molecule has 0 N–H and O–H groups in total. The van der Waals surface area contributed by atoms with Gasteiger partial charge in [-0.05, 0) is 47.4 Å². The van der Waals surface area contributed by atoms with Crippen LogP contribution < -0.4 is 0 Å². The van der Waals surface area contributed by atoms with E-state index in [4.69, 9.17) is 0 Å². The van der Waals surface area contributed by atoms with E-state index in [1.165, 1.54) is 4.90 Å². The Balaban J connectivity index is 1.97. The molecule has 1 saturated heterocycles. The molecule has 0 spiro atoms. The van der Waals surface area contributed by atoms with Gasteiger partial charge in [0.2, 0.25) is 0 Å². The van der Waals surface area contributed by atoms with Crippen molar-refractivity contribution in [1.29, 1.82) is 0 Å². The number of benzene rings is 1. The third-order valence-electron chi connectivity index (χ3n) is 4.97. The molecule has 2 heterocycles. The molecule has 25 heavy (non-hydrogen) atoms. The van der Waals surface area contributed by atoms with Crippen LogP contribution in [0.15, 0.2) is 46.8 Å². The molecule has 3 rings (SSSR count). The molecule has 1 aliphatic heterocycles. The van der Waals surface area contributed by atoms with Gasteiger partial charge in [-0.15, -0.1) is 0 Å². The molecule has 2 amide bonds. The number of hydrogen-bond acceptors (Lipinski definition) is 3. The van der Waals surface area contributed by atoms with Crippen LogP contribution in [0.2, 0.25) is 0 Å². The molecule has 1 atom stereocenters. The standard InChI is InChI=1S/C20H22N2O2S/c1-14-12-25-13-16(14)10-17-18(23)22(4)20(2,19(24)21(17)3)11-15-8-6-5-7-9-15/h5-10,12-13H,11H2,1-4H3/b17-10-. The van der Waals surface area contributed by atoms with Gasteiger partial charge in [0.15, 0.2) is 0 Å². The fraction of sp³-hybridized carbons (Fsp3) is 0.300. The van der Waals surface area contributed by atoms with E-state index >= 15 is 0 Å². The van der Waals surface area contributed by atoms with Crippen LogP contribution in [0, 0.1) is 6.92 Å². The quantitative estimate of drug-likeness (QED) is 0.793. The van der Waals surface area contributed by atoms with Gasteiger partial charge in [-0.1, -0.05) is 30.3 Å². The largest absolute Gasteiger partial charge is 0.326 e. The zero-order valence-electron chi connectivity index (χ0n) is 14.9. The van der Waals surface area contributed by atoms with Gasteiger partial charge in [-0.3, -0.25) is 9.59 Å². The third kappa shape index (κ3) is 3.00. The van der Waals surface area contributed by atoms with E-state index < -0.39 is 5.54 Å². The zero-order valence-corrected chi connectivity index (χ0v) is 15.8. The predicted octanol–water partition coefficient (Wildman–Crippen LogP) is 3.33. The van der Waals surface area contributed by atoms with Crippen LogP contribution >= 0.6 is 11.3 Å². The Morgan fingerprint density at radius 2 is 1.80 bits per heavy atom. The van der Waals surface area contributed by atoms with Crippen molar-refractivity contribution < 1.29 is 9.59 Å². The monoisotopic (exact) mass is 354 g/mol. The lowest BCUT2D eigenvalue weighted by Gasteiger charge is -2.45. The van der Waals surface area contributed by atoms with Crippen molar-refractivity contribution >= 4 is 29.2 Å². The molecule has 1 unspecified atom stereocenters. The van der Waals surface area contributed by atoms with E-state index in [1.54, 1.807) is 30.3 Å². The zero-order chi connectivity index (χ0) is 18.2. The number of carbonyl (C=O) groups is 2. The van der Waals surface area contributed by atoms with Crippen molar-refractivity contribution in [2.45, 2.75) is 25.8 Å². The fourth-order valence-electron chi connectivity index (χ4n) is 3.17. The minimum absolute atomic E-state index is 0.0717. The molecule has 1 fully saturated rings. The van der Waals surface area contributed by atoms with Crippen LogP contribution in [0.3, 0.4) is 0 Å². The van der Waals surface area contributed by atoms with E-state index in [-0.39, 0.29) is 11.8 Å². The summed E-state index contributed by atoms with van der Waals surface area (Å²) >= 11 is 1.59. The Morgan fingerprint density at radius 1 is 1.12 bits per heavy atom. The Bertz CT molecular complexity index is 840. The summed E-state index contributed by atoms with van der Waals surface area (Å²) in [5.74, 6) is -0.205. The Morgan fingerprint density at radius 3 is 2.40 bits per heavy atom. The Labute approximate surface area is 152 Å². The smallest absolute Gasteiger partial charge is 0.271 e. The molecule has 1 aliphatic rings. The SMILES string of the molecule is Cc1cscc1/C=C1/C(=O)N(C)C(C)(Cc2ccccc2)C(=O)N1C. The summed E-state index contributed by atoms with van der Waals surface area (Å²) in [6.45, 7) is 3.84. The van der Waals surface area contributed by atoms with Crippen LogP contribution in [-0.2, 0) is 16.0 Å². The van der Waals surface area contributed by atoms with Crippen molar-refractivity contribution in [3.8, 4) is 0 Å². The van der Waals surface area contributed by atoms with Gasteiger partial charge in [0.25, 0.3) is 11.8 Å². The molecule has 0 saturated carbocycles. The minimum atomic E-state index is -0.895. The fourth-order valence-corrected chi connectivity index (χ4v) is 3.97. The third-order valence-corrected chi connectivity index (χ3v) is 5.85. The van der Waals surface area contributed by atoms with Gasteiger partial charge in [-0.25, -0.2) is 0 Å². The summed E-state index contributed by atoms with van der Waals surface area (Å²) in [5, 5.41) is 4.02. The van der Waals surface area contributed by atoms with E-state index in [2.05, 4.69) is 0 Å². The number of thiophene rings is 1. The number of piperazine rings is 1. The van der Waals surface area contributed by atoms with E-state index in [0.717, 1.165) is 16.7 Å². The second kappa shape index (κ2) is 6.48. The molecule has 130 valence electrons. The van der Waals surface area contributed by atoms with Gasteiger partial charge < -0.3 is 9.80 Å². The summed E-state index contributed by atoms with van der Waals surface area (Å²) in [5.41, 5.74) is 2.64. The maximum atomic E-state index is 13.1. The molecule has 0 radical (unpaired) electrons. The van der Waals surface area contributed by atoms with Crippen molar-refractivity contribution in [3.05, 3.63) is 63.5 Å². The molecule has 2 aromatic rings. The predicted molar refractivity (Wildman–Crippen MR) is 101 cm³/mol. The second-order valence-electron chi connectivity index (χ2n) is 6.70. The number of nitrogens with zero attached hydrogens (tertiary/aromatic N) is 2. The Kier molecular flexibility index (Phi) is 4.52. The second-order valence-corrected chi connectivity index (χ2v) is 7.45. The van der Waals surface area contributed by atoms with E-state index in [9.17, 15) is 9.59 Å². The van der Waals surface area contributed by atoms with Gasteiger partial charge in [0, 0.05) is 20.5 Å². The first-order chi connectivity index (χ1) is 11.8. The average molecular weight is 354 g/mol. The highest BCUT2D eigenvalue weighted by molar-refractivity contribution is 7.08. The maximum absolute atomic E-state index is 13.1. The summed E-state index contributed by atoms with van der Waals surface area (Å²) in [4.78, 5) is 29.2. The minimum Gasteiger partial charge on any atom is -0.326 e. The van der Waals surface area contributed by atoms with Gasteiger partial charge in [0.05, 0.1) is 0 Å². The first-order valence-corrected chi connectivity index (χ1v) is 9.13. The van der Waals surface area contributed by atoms with Gasteiger partial charge in [-0.2, -0.15) is 11.3 Å². The van der Waals surface area contributed by atoms with Crippen molar-refractivity contribution in [1.82, 2.24) is 9.80 Å². The lowest BCUT2D eigenvalue weighted by Crippen LogP contribution is -2.64. The Hall–Kier alpha value is -2.40. The van der Waals surface area contributed by atoms with Crippen LogP contribution in [0.25, 0.3) is 6.08 Å². The van der Waals surface area contributed by atoms with Crippen LogP contribution in [0.4, 0.5) is 0 Å². The number of likely N-dealkylation sites (N-methyl/N-ethyl adjacent to an activating group) is 2. The molecule has 0 bridgehead atoms. The molecule has 4 nitrogen and oxygen atoms in total. The highest BCUT2D eigenvalue weighted by atomic mass is 32.1. The molecule has 5 heteroatoms. The maximum Gasteiger partial charge on any atom is 0.271 e. The number of amides is 2. The number of hydrogen-bond donors (Lipinski definition) is 0. The lowest BCUT2D eigenvalue weighted by molar-refractivity contribution is -0.155. The molecule has 1 aromatic heterocycles. The average Bonchev–Trinajstić information content (AvgIpc) is 3.01. The van der Waals surface area contributed by atoms with Crippen LogP contribution in [-0.4, -0.2) is 41.2 Å². The van der Waals surface area contributed by atoms with Crippen molar-refractivity contribution in [2.24, 2.45) is 0 Å². The number of aryl methyl sites for hydroxylation is 1. The molecular weight excluding hydrogens is 332 g/mol. The molecule has 1 aromatic carbocycles. The van der Waals surface area contributed by atoms with E-state index in [0.29, 0.717) is 12.1 Å². The van der Waals surface area contributed by atoms with E-state index in [1.807, 2.05) is 61.0 Å². The van der Waals surface area contributed by atoms with Crippen molar-refractivity contribution in [3.63, 3.8) is 0 Å². The topological polar surface area (TPSA) is 40.6 Å². The van der Waals surface area contributed by atoms with Gasteiger partial charge >= 0.3 is 0 Å². The normalized spacial score (nSPS) is 22.8. The van der Waals surface area contributed by atoms with Crippen molar-refractivity contribution in [2.75, 3.05) is 14.1 Å². The first-order valence-electron chi connectivity index (χ1n) is 8.19. The first kappa shape index (κ1) is 17.4. The molecule has 0 aliphatic carbocycles. The van der Waals surface area contributed by atoms with Gasteiger partial charge in [0.1, 0.15) is 11.2 Å². The van der Waals surface area contributed by atoms with Crippen LogP contribution in [0.1, 0.15) is 23.6 Å².